The van der Waals surface area contributed by atoms with Gasteiger partial charge in [-0.15, -0.1) is 0 Å². The van der Waals surface area contributed by atoms with Gasteiger partial charge in [0.2, 0.25) is 5.91 Å². The van der Waals surface area contributed by atoms with Crippen molar-refractivity contribution < 1.29 is 4.79 Å². The van der Waals surface area contributed by atoms with E-state index in [9.17, 15) is 9.59 Å². The van der Waals surface area contributed by atoms with Crippen molar-refractivity contribution in [1.29, 1.82) is 0 Å². The first kappa shape index (κ1) is 13.3. The lowest BCUT2D eigenvalue weighted by atomic mass is 10.2. The van der Waals surface area contributed by atoms with Gasteiger partial charge in [-0.1, -0.05) is 11.3 Å². The number of hydrogen-bond donors (Lipinski definition) is 1. The Labute approximate surface area is 110 Å². The minimum atomic E-state index is 0.0219. The number of aromatic nitrogens is 1. The van der Waals surface area contributed by atoms with Crippen molar-refractivity contribution in [2.45, 2.75) is 32.9 Å². The van der Waals surface area contributed by atoms with Crippen molar-refractivity contribution >= 4 is 17.2 Å². The Morgan fingerprint density at radius 2 is 2.39 bits per heavy atom. The fraction of sp³-hybridized carbons (Fsp3) is 0.667. The van der Waals surface area contributed by atoms with Crippen LogP contribution in [0.4, 0.5) is 0 Å². The van der Waals surface area contributed by atoms with Gasteiger partial charge < -0.3 is 14.8 Å². The Hall–Kier alpha value is -1.14. The second kappa shape index (κ2) is 5.67. The normalized spacial score (nSPS) is 20.1. The van der Waals surface area contributed by atoms with Gasteiger partial charge in [-0.25, -0.2) is 0 Å². The molecule has 0 radical (unpaired) electrons. The molecule has 18 heavy (non-hydrogen) atoms. The molecule has 100 valence electrons. The third-order valence-electron chi connectivity index (χ3n) is 3.35. The molecule has 1 aromatic rings. The van der Waals surface area contributed by atoms with E-state index in [4.69, 9.17) is 0 Å². The lowest BCUT2D eigenvalue weighted by Gasteiger charge is -2.34. The molecule has 1 atom stereocenters. The molecule has 2 rings (SSSR count). The Morgan fingerprint density at radius 1 is 1.61 bits per heavy atom. The smallest absolute Gasteiger partial charge is 0.307 e. The van der Waals surface area contributed by atoms with Crippen LogP contribution in [0, 0.1) is 6.92 Å². The summed E-state index contributed by atoms with van der Waals surface area (Å²) in [5, 5.41) is 5.09. The predicted molar refractivity (Wildman–Crippen MR) is 72.0 cm³/mol. The number of amides is 1. The number of nitrogens with one attached hydrogen (secondary N) is 1. The zero-order chi connectivity index (χ0) is 13.1. The molecular weight excluding hydrogens is 250 g/mol. The van der Waals surface area contributed by atoms with Crippen molar-refractivity contribution in [2.24, 2.45) is 0 Å². The highest BCUT2D eigenvalue weighted by molar-refractivity contribution is 7.07. The summed E-state index contributed by atoms with van der Waals surface area (Å²) in [7, 11) is 0. The SMILES string of the molecule is Cc1csc(=O)n1CCC(=O)N1CCNCC1C. The zero-order valence-corrected chi connectivity index (χ0v) is 11.6. The van der Waals surface area contributed by atoms with Crippen LogP contribution in [0.25, 0.3) is 0 Å². The fourth-order valence-electron chi connectivity index (χ4n) is 2.24. The summed E-state index contributed by atoms with van der Waals surface area (Å²) in [5.74, 6) is 0.140. The topological polar surface area (TPSA) is 54.3 Å². The minimum Gasteiger partial charge on any atom is -0.337 e. The second-order valence-corrected chi connectivity index (χ2v) is 5.51. The van der Waals surface area contributed by atoms with Crippen LogP contribution in [-0.2, 0) is 11.3 Å². The molecule has 6 heteroatoms. The van der Waals surface area contributed by atoms with Gasteiger partial charge in [-0.05, 0) is 13.8 Å². The van der Waals surface area contributed by atoms with Crippen molar-refractivity contribution in [2.75, 3.05) is 19.6 Å². The summed E-state index contributed by atoms with van der Waals surface area (Å²) >= 11 is 1.19. The van der Waals surface area contributed by atoms with E-state index in [0.29, 0.717) is 13.0 Å². The monoisotopic (exact) mass is 269 g/mol. The maximum atomic E-state index is 12.1. The van der Waals surface area contributed by atoms with Crippen LogP contribution >= 0.6 is 11.3 Å². The van der Waals surface area contributed by atoms with Gasteiger partial charge >= 0.3 is 4.87 Å². The summed E-state index contributed by atoms with van der Waals surface area (Å²) in [5.41, 5.74) is 0.936. The van der Waals surface area contributed by atoms with E-state index in [0.717, 1.165) is 25.3 Å². The summed E-state index contributed by atoms with van der Waals surface area (Å²) < 4.78 is 1.68. The Kier molecular flexibility index (Phi) is 4.19. The number of rotatable bonds is 3. The number of carbonyl (C=O) groups excluding carboxylic acids is 1. The van der Waals surface area contributed by atoms with Crippen LogP contribution in [0.1, 0.15) is 19.0 Å². The Balaban J connectivity index is 1.94. The summed E-state index contributed by atoms with van der Waals surface area (Å²) in [6, 6.07) is 0.242. The van der Waals surface area contributed by atoms with E-state index in [-0.39, 0.29) is 16.8 Å². The van der Waals surface area contributed by atoms with E-state index in [1.807, 2.05) is 24.1 Å². The predicted octanol–water partition coefficient (Wildman–Crippen LogP) is 0.429. The quantitative estimate of drug-likeness (QED) is 0.866. The first-order valence-corrected chi connectivity index (χ1v) is 7.12. The van der Waals surface area contributed by atoms with Crippen LogP contribution in [0.5, 0.6) is 0 Å². The molecule has 5 nitrogen and oxygen atoms in total. The average Bonchev–Trinajstić information content (AvgIpc) is 2.67. The average molecular weight is 269 g/mol. The van der Waals surface area contributed by atoms with Gasteiger partial charge in [0.15, 0.2) is 0 Å². The van der Waals surface area contributed by atoms with Gasteiger partial charge in [0.05, 0.1) is 0 Å². The van der Waals surface area contributed by atoms with Crippen molar-refractivity contribution in [3.05, 3.63) is 20.7 Å². The van der Waals surface area contributed by atoms with Crippen LogP contribution in [0.2, 0.25) is 0 Å². The molecule has 0 aromatic carbocycles. The van der Waals surface area contributed by atoms with Crippen molar-refractivity contribution in [3.8, 4) is 0 Å². The number of aryl methyl sites for hydroxylation is 1. The summed E-state index contributed by atoms with van der Waals surface area (Å²) in [6.45, 7) is 6.90. The highest BCUT2D eigenvalue weighted by Crippen LogP contribution is 2.07. The summed E-state index contributed by atoms with van der Waals surface area (Å²) in [6.07, 6.45) is 0.405. The van der Waals surface area contributed by atoms with E-state index < -0.39 is 0 Å². The van der Waals surface area contributed by atoms with Crippen molar-refractivity contribution in [3.63, 3.8) is 0 Å². The largest absolute Gasteiger partial charge is 0.337 e. The van der Waals surface area contributed by atoms with E-state index in [1.165, 1.54) is 11.3 Å². The zero-order valence-electron chi connectivity index (χ0n) is 10.8. The van der Waals surface area contributed by atoms with Crippen LogP contribution in [0.3, 0.4) is 0 Å². The molecule has 1 amide bonds. The maximum absolute atomic E-state index is 12.1. The number of hydrogen-bond acceptors (Lipinski definition) is 4. The Morgan fingerprint density at radius 3 is 3.00 bits per heavy atom. The molecule has 1 fully saturated rings. The first-order valence-electron chi connectivity index (χ1n) is 6.24. The van der Waals surface area contributed by atoms with Gasteiger partial charge in [0, 0.05) is 49.7 Å². The highest BCUT2D eigenvalue weighted by Gasteiger charge is 2.22. The van der Waals surface area contributed by atoms with E-state index in [2.05, 4.69) is 5.32 Å². The van der Waals surface area contributed by atoms with E-state index >= 15 is 0 Å². The number of carbonyl (C=O) groups is 1. The lowest BCUT2D eigenvalue weighted by Crippen LogP contribution is -2.52. The van der Waals surface area contributed by atoms with Crippen LogP contribution < -0.4 is 10.2 Å². The highest BCUT2D eigenvalue weighted by atomic mass is 32.1. The van der Waals surface area contributed by atoms with Crippen molar-refractivity contribution in [1.82, 2.24) is 14.8 Å². The summed E-state index contributed by atoms with van der Waals surface area (Å²) in [4.78, 5) is 25.6. The number of piperazine rings is 1. The molecule has 1 saturated heterocycles. The maximum Gasteiger partial charge on any atom is 0.307 e. The molecule has 1 N–H and O–H groups in total. The molecule has 2 heterocycles. The fourth-order valence-corrected chi connectivity index (χ4v) is 3.00. The molecule has 0 saturated carbocycles. The van der Waals surface area contributed by atoms with Gasteiger partial charge in [0.25, 0.3) is 0 Å². The molecule has 0 aliphatic carbocycles. The molecular formula is C12H19N3O2S. The van der Waals surface area contributed by atoms with Crippen LogP contribution in [-0.4, -0.2) is 41.1 Å². The molecule has 1 aromatic heterocycles. The van der Waals surface area contributed by atoms with Gasteiger partial charge in [-0.3, -0.25) is 9.59 Å². The third kappa shape index (κ3) is 2.81. The third-order valence-corrected chi connectivity index (χ3v) is 4.23. The van der Waals surface area contributed by atoms with E-state index in [1.54, 1.807) is 4.57 Å². The minimum absolute atomic E-state index is 0.0219. The first-order chi connectivity index (χ1) is 8.59. The lowest BCUT2D eigenvalue weighted by molar-refractivity contribution is -0.134. The second-order valence-electron chi connectivity index (χ2n) is 4.68. The standard InChI is InChI=1S/C12H19N3O2S/c1-9-7-13-4-6-14(9)11(16)3-5-15-10(2)8-18-12(15)17/h8-9,13H,3-7H2,1-2H3. The molecule has 1 aliphatic heterocycles. The molecule has 0 bridgehead atoms. The number of nitrogens with zero attached hydrogens (tertiary/aromatic N) is 2. The van der Waals surface area contributed by atoms with Crippen LogP contribution in [0.15, 0.2) is 10.2 Å². The van der Waals surface area contributed by atoms with Gasteiger partial charge in [-0.2, -0.15) is 0 Å². The molecule has 0 spiro atoms. The van der Waals surface area contributed by atoms with Gasteiger partial charge in [0.1, 0.15) is 0 Å². The Bertz CT molecular complexity index is 480. The molecule has 1 unspecified atom stereocenters. The number of thiazole rings is 1. The molecule has 1 aliphatic rings.